The third-order valence-electron chi connectivity index (χ3n) is 5.44. The molecule has 8 heteroatoms. The van der Waals surface area contributed by atoms with Crippen LogP contribution in [-0.4, -0.2) is 62.9 Å². The number of hydrogen-bond acceptors (Lipinski definition) is 8. The Kier molecular flexibility index (Phi) is 11.3. The van der Waals surface area contributed by atoms with Gasteiger partial charge in [-0.05, 0) is 59.7 Å². The van der Waals surface area contributed by atoms with Crippen molar-refractivity contribution in [3.63, 3.8) is 0 Å². The van der Waals surface area contributed by atoms with Gasteiger partial charge in [0.05, 0.1) is 14.2 Å². The largest absolute Gasteiger partial charge is 0.497 e. The van der Waals surface area contributed by atoms with Gasteiger partial charge in [-0.2, -0.15) is 0 Å². The molecule has 2 atom stereocenters. The minimum Gasteiger partial charge on any atom is -0.497 e. The van der Waals surface area contributed by atoms with Gasteiger partial charge in [0.25, 0.3) is 0 Å². The van der Waals surface area contributed by atoms with Crippen LogP contribution in [0.1, 0.15) is 11.1 Å². The highest BCUT2D eigenvalue weighted by atomic mass is 16.5. The van der Waals surface area contributed by atoms with Crippen LogP contribution in [0, 0.1) is 0 Å². The van der Waals surface area contributed by atoms with Crippen LogP contribution >= 0.6 is 0 Å². The fourth-order valence-corrected chi connectivity index (χ4v) is 3.39. The lowest BCUT2D eigenvalue weighted by atomic mass is 10.2. The normalized spacial score (nSPS) is 12.6. The maximum atomic E-state index is 10.2. The van der Waals surface area contributed by atoms with E-state index in [0.29, 0.717) is 37.7 Å². The van der Waals surface area contributed by atoms with E-state index in [2.05, 4.69) is 10.6 Å². The van der Waals surface area contributed by atoms with Crippen molar-refractivity contribution in [2.24, 2.45) is 0 Å². The number of benzene rings is 3. The molecule has 36 heavy (non-hydrogen) atoms. The van der Waals surface area contributed by atoms with E-state index in [1.54, 1.807) is 38.5 Å². The molecule has 0 heterocycles. The minimum atomic E-state index is -0.639. The van der Waals surface area contributed by atoms with Crippen LogP contribution in [0.2, 0.25) is 0 Å². The standard InChI is InChI=1S/C28H36N2O6/c1-33-25-7-3-21(4-8-25)15-29-17-23(31)19-35-27-11-13-28(14-12-27)36-20-24(32)18-30-16-22-5-9-26(34-2)10-6-22/h3-14,23-24,29-32H,15-20H2,1-2H3. The lowest BCUT2D eigenvalue weighted by Gasteiger charge is -2.15. The Balaban J connectivity index is 1.27. The van der Waals surface area contributed by atoms with Crippen LogP contribution in [0.15, 0.2) is 72.8 Å². The summed E-state index contributed by atoms with van der Waals surface area (Å²) in [5, 5.41) is 26.8. The summed E-state index contributed by atoms with van der Waals surface area (Å²) in [5.41, 5.74) is 2.22. The van der Waals surface area contributed by atoms with E-state index in [4.69, 9.17) is 18.9 Å². The molecule has 0 saturated carbocycles. The number of hydrogen-bond donors (Lipinski definition) is 4. The molecule has 3 aromatic carbocycles. The first-order valence-corrected chi connectivity index (χ1v) is 11.9. The van der Waals surface area contributed by atoms with Gasteiger partial charge in [0.1, 0.15) is 48.4 Å². The Hall–Kier alpha value is -3.30. The Morgan fingerprint density at radius 1 is 0.556 bits per heavy atom. The molecule has 8 nitrogen and oxygen atoms in total. The molecule has 0 aliphatic carbocycles. The van der Waals surface area contributed by atoms with Crippen molar-refractivity contribution in [1.82, 2.24) is 10.6 Å². The number of methoxy groups -OCH3 is 2. The molecule has 0 amide bonds. The van der Waals surface area contributed by atoms with E-state index >= 15 is 0 Å². The SMILES string of the molecule is COc1ccc(CNCC(O)COc2ccc(OCC(O)CNCc3ccc(OC)cc3)cc2)cc1. The molecule has 194 valence electrons. The molecule has 3 aromatic rings. The number of rotatable bonds is 16. The summed E-state index contributed by atoms with van der Waals surface area (Å²) in [6.45, 7) is 2.48. The summed E-state index contributed by atoms with van der Waals surface area (Å²) in [6.07, 6.45) is -1.28. The second kappa shape index (κ2) is 15.0. The predicted octanol–water partition coefficient (Wildman–Crippen LogP) is 2.76. The van der Waals surface area contributed by atoms with Gasteiger partial charge in [-0.25, -0.2) is 0 Å². The highest BCUT2D eigenvalue weighted by Crippen LogP contribution is 2.18. The topological polar surface area (TPSA) is 101 Å². The summed E-state index contributed by atoms with van der Waals surface area (Å²) in [4.78, 5) is 0. The molecule has 2 unspecified atom stereocenters. The third-order valence-corrected chi connectivity index (χ3v) is 5.44. The Morgan fingerprint density at radius 3 is 1.22 bits per heavy atom. The van der Waals surface area contributed by atoms with Gasteiger partial charge in [-0.3, -0.25) is 0 Å². The van der Waals surface area contributed by atoms with Gasteiger partial charge < -0.3 is 39.8 Å². The van der Waals surface area contributed by atoms with Gasteiger partial charge in [-0.15, -0.1) is 0 Å². The van der Waals surface area contributed by atoms with E-state index in [-0.39, 0.29) is 13.2 Å². The lowest BCUT2D eigenvalue weighted by Crippen LogP contribution is -2.31. The zero-order valence-corrected chi connectivity index (χ0v) is 20.9. The summed E-state index contributed by atoms with van der Waals surface area (Å²) in [5.74, 6) is 2.91. The van der Waals surface area contributed by atoms with E-state index < -0.39 is 12.2 Å². The van der Waals surface area contributed by atoms with Crippen molar-refractivity contribution >= 4 is 0 Å². The molecule has 0 aliphatic rings. The zero-order valence-electron chi connectivity index (χ0n) is 20.9. The first kappa shape index (κ1) is 27.3. The predicted molar refractivity (Wildman–Crippen MR) is 139 cm³/mol. The average molecular weight is 497 g/mol. The Morgan fingerprint density at radius 2 is 0.889 bits per heavy atom. The van der Waals surface area contributed by atoms with E-state index in [9.17, 15) is 10.2 Å². The maximum Gasteiger partial charge on any atom is 0.119 e. The quantitative estimate of drug-likeness (QED) is 0.240. The number of ether oxygens (including phenoxy) is 4. The summed E-state index contributed by atoms with van der Waals surface area (Å²) in [7, 11) is 3.28. The molecule has 0 fully saturated rings. The zero-order chi connectivity index (χ0) is 25.6. The number of nitrogens with one attached hydrogen (secondary N) is 2. The van der Waals surface area contributed by atoms with Crippen LogP contribution in [0.4, 0.5) is 0 Å². The van der Waals surface area contributed by atoms with E-state index in [1.165, 1.54) is 0 Å². The van der Waals surface area contributed by atoms with Crippen molar-refractivity contribution in [2.75, 3.05) is 40.5 Å². The Labute approximate surface area is 212 Å². The van der Waals surface area contributed by atoms with Gasteiger partial charge in [0, 0.05) is 26.2 Å². The number of aliphatic hydroxyl groups excluding tert-OH is 2. The van der Waals surface area contributed by atoms with Gasteiger partial charge in [0.2, 0.25) is 0 Å². The van der Waals surface area contributed by atoms with Crippen LogP contribution < -0.4 is 29.6 Å². The second-order valence-electron chi connectivity index (χ2n) is 8.36. The highest BCUT2D eigenvalue weighted by molar-refractivity contribution is 5.31. The molecule has 0 spiro atoms. The number of aliphatic hydroxyl groups is 2. The van der Waals surface area contributed by atoms with Crippen molar-refractivity contribution < 1.29 is 29.2 Å². The molecule has 0 bridgehead atoms. The van der Waals surface area contributed by atoms with E-state index in [0.717, 1.165) is 22.6 Å². The molecule has 0 saturated heterocycles. The van der Waals surface area contributed by atoms with Crippen molar-refractivity contribution in [3.8, 4) is 23.0 Å². The van der Waals surface area contributed by atoms with Gasteiger partial charge in [0.15, 0.2) is 0 Å². The maximum absolute atomic E-state index is 10.2. The van der Waals surface area contributed by atoms with Gasteiger partial charge in [-0.1, -0.05) is 24.3 Å². The van der Waals surface area contributed by atoms with Crippen LogP contribution in [0.3, 0.4) is 0 Å². The fourth-order valence-electron chi connectivity index (χ4n) is 3.39. The van der Waals surface area contributed by atoms with Gasteiger partial charge >= 0.3 is 0 Å². The van der Waals surface area contributed by atoms with Crippen LogP contribution in [0.25, 0.3) is 0 Å². The molecular formula is C28H36N2O6. The first-order chi connectivity index (χ1) is 17.6. The highest BCUT2D eigenvalue weighted by Gasteiger charge is 2.08. The van der Waals surface area contributed by atoms with Crippen LogP contribution in [-0.2, 0) is 13.1 Å². The van der Waals surface area contributed by atoms with Crippen molar-refractivity contribution in [1.29, 1.82) is 0 Å². The van der Waals surface area contributed by atoms with Crippen LogP contribution in [0.5, 0.6) is 23.0 Å². The van der Waals surface area contributed by atoms with Crippen molar-refractivity contribution in [2.45, 2.75) is 25.3 Å². The lowest BCUT2D eigenvalue weighted by molar-refractivity contribution is 0.104. The Bertz CT molecular complexity index is 914. The van der Waals surface area contributed by atoms with Crippen molar-refractivity contribution in [3.05, 3.63) is 83.9 Å². The fraction of sp³-hybridized carbons (Fsp3) is 0.357. The molecule has 0 radical (unpaired) electrons. The second-order valence-corrected chi connectivity index (χ2v) is 8.36. The molecule has 0 aromatic heterocycles. The summed E-state index contributed by atoms with van der Waals surface area (Å²) < 4.78 is 21.6. The summed E-state index contributed by atoms with van der Waals surface area (Å²) in [6, 6.07) is 22.7. The average Bonchev–Trinajstić information content (AvgIpc) is 2.92. The summed E-state index contributed by atoms with van der Waals surface area (Å²) >= 11 is 0. The molecule has 4 N–H and O–H groups in total. The van der Waals surface area contributed by atoms with E-state index in [1.807, 2.05) is 48.5 Å². The molecular weight excluding hydrogens is 460 g/mol. The third kappa shape index (κ3) is 9.75. The first-order valence-electron chi connectivity index (χ1n) is 11.9. The molecule has 0 aliphatic heterocycles. The molecule has 3 rings (SSSR count). The monoisotopic (exact) mass is 496 g/mol. The smallest absolute Gasteiger partial charge is 0.119 e. The minimum absolute atomic E-state index is 0.175.